The van der Waals surface area contributed by atoms with Gasteiger partial charge in [-0.25, -0.2) is 0 Å². The first kappa shape index (κ1) is 22.2. The second kappa shape index (κ2) is 10.1. The standard InChI is InChI=1S/C23H33N5O2S/c1-18-6-5-7-19(16-18)21-25-26-22(31)28(21)11-8-20(29)24-17-23(9-3-2-4-10-23)27-12-14-30-15-13-27/h5-7,16H,2-4,8-15,17H2,1H3,(H,24,29)(H,26,31). The van der Waals surface area contributed by atoms with Crippen molar-refractivity contribution in [3.63, 3.8) is 0 Å². The molecule has 1 aromatic heterocycles. The Morgan fingerprint density at radius 1 is 1.26 bits per heavy atom. The minimum absolute atomic E-state index is 0.0662. The molecule has 1 aromatic carbocycles. The molecule has 1 saturated heterocycles. The van der Waals surface area contributed by atoms with Crippen molar-refractivity contribution in [2.75, 3.05) is 32.8 Å². The predicted molar refractivity (Wildman–Crippen MR) is 123 cm³/mol. The summed E-state index contributed by atoms with van der Waals surface area (Å²) in [6.45, 7) is 6.77. The number of H-pyrrole nitrogens is 1. The van der Waals surface area contributed by atoms with E-state index < -0.39 is 0 Å². The number of amides is 1. The Balaban J connectivity index is 1.38. The van der Waals surface area contributed by atoms with E-state index in [4.69, 9.17) is 17.0 Å². The predicted octanol–water partition coefficient (Wildman–Crippen LogP) is 3.46. The molecule has 1 aliphatic carbocycles. The maximum Gasteiger partial charge on any atom is 0.221 e. The monoisotopic (exact) mass is 443 g/mol. The molecule has 0 spiro atoms. The molecule has 2 N–H and O–H groups in total. The molecule has 2 heterocycles. The van der Waals surface area contributed by atoms with Gasteiger partial charge in [-0.1, -0.05) is 43.0 Å². The van der Waals surface area contributed by atoms with Gasteiger partial charge in [0.2, 0.25) is 5.91 Å². The van der Waals surface area contributed by atoms with Gasteiger partial charge >= 0.3 is 0 Å². The molecule has 0 unspecified atom stereocenters. The number of morpholine rings is 1. The maximum absolute atomic E-state index is 12.8. The molecular weight excluding hydrogens is 410 g/mol. The fourth-order valence-corrected chi connectivity index (χ4v) is 5.17. The summed E-state index contributed by atoms with van der Waals surface area (Å²) < 4.78 is 8.02. The summed E-state index contributed by atoms with van der Waals surface area (Å²) >= 11 is 5.42. The SMILES string of the molecule is Cc1cccc(-c2n[nH]c(=S)n2CCC(=O)NCC2(N3CCOCC3)CCCCC2)c1. The molecule has 4 rings (SSSR count). The highest BCUT2D eigenvalue weighted by atomic mass is 32.1. The fraction of sp³-hybridized carbons (Fsp3) is 0.609. The Morgan fingerprint density at radius 3 is 2.77 bits per heavy atom. The first-order valence-corrected chi connectivity index (χ1v) is 11.8. The molecule has 8 heteroatoms. The van der Waals surface area contributed by atoms with Crippen LogP contribution in [0.2, 0.25) is 0 Å². The van der Waals surface area contributed by atoms with Crippen molar-refractivity contribution in [3.05, 3.63) is 34.6 Å². The van der Waals surface area contributed by atoms with E-state index in [1.54, 1.807) is 0 Å². The van der Waals surface area contributed by atoms with Crippen LogP contribution in [0.25, 0.3) is 11.4 Å². The fourth-order valence-electron chi connectivity index (χ4n) is 4.95. The zero-order valence-electron chi connectivity index (χ0n) is 18.4. The van der Waals surface area contributed by atoms with E-state index in [1.807, 2.05) is 16.7 Å². The van der Waals surface area contributed by atoms with Crippen molar-refractivity contribution in [1.29, 1.82) is 0 Å². The third-order valence-electron chi connectivity index (χ3n) is 6.68. The van der Waals surface area contributed by atoms with E-state index >= 15 is 0 Å². The Morgan fingerprint density at radius 2 is 2.03 bits per heavy atom. The van der Waals surface area contributed by atoms with Gasteiger partial charge in [0.15, 0.2) is 10.6 Å². The number of carbonyl (C=O) groups excluding carboxylic acids is 1. The molecule has 1 amide bonds. The number of carbonyl (C=O) groups is 1. The van der Waals surface area contributed by atoms with Crippen LogP contribution in [-0.2, 0) is 16.1 Å². The van der Waals surface area contributed by atoms with Crippen LogP contribution in [0, 0.1) is 11.7 Å². The van der Waals surface area contributed by atoms with Gasteiger partial charge in [0.05, 0.1) is 13.2 Å². The van der Waals surface area contributed by atoms with Crippen molar-refractivity contribution >= 4 is 18.1 Å². The molecule has 0 atom stereocenters. The summed E-state index contributed by atoms with van der Waals surface area (Å²) in [7, 11) is 0. The minimum Gasteiger partial charge on any atom is -0.379 e. The number of benzene rings is 1. The molecule has 2 aromatic rings. The smallest absolute Gasteiger partial charge is 0.221 e. The van der Waals surface area contributed by atoms with E-state index in [-0.39, 0.29) is 11.4 Å². The van der Waals surface area contributed by atoms with Crippen LogP contribution in [-0.4, -0.2) is 64.0 Å². The van der Waals surface area contributed by atoms with Crippen LogP contribution >= 0.6 is 12.2 Å². The van der Waals surface area contributed by atoms with Crippen LogP contribution in [0.5, 0.6) is 0 Å². The average molecular weight is 444 g/mol. The van der Waals surface area contributed by atoms with Gasteiger partial charge < -0.3 is 10.1 Å². The molecule has 7 nitrogen and oxygen atoms in total. The minimum atomic E-state index is 0.0662. The van der Waals surface area contributed by atoms with E-state index in [1.165, 1.54) is 19.3 Å². The van der Waals surface area contributed by atoms with E-state index in [9.17, 15) is 4.79 Å². The van der Waals surface area contributed by atoms with E-state index in [2.05, 4.69) is 39.5 Å². The van der Waals surface area contributed by atoms with Crippen LogP contribution in [0.4, 0.5) is 0 Å². The Labute approximate surface area is 189 Å². The first-order chi connectivity index (χ1) is 15.1. The molecule has 31 heavy (non-hydrogen) atoms. The summed E-state index contributed by atoms with van der Waals surface area (Å²) in [5.74, 6) is 0.843. The Hall–Kier alpha value is -2.03. The lowest BCUT2D eigenvalue weighted by molar-refractivity contribution is -0.122. The second-order valence-electron chi connectivity index (χ2n) is 8.78. The number of aromatic nitrogens is 3. The number of rotatable bonds is 7. The quantitative estimate of drug-likeness (QED) is 0.641. The van der Waals surface area contributed by atoms with Crippen LogP contribution in [0.15, 0.2) is 24.3 Å². The number of nitrogens with zero attached hydrogens (tertiary/aromatic N) is 3. The lowest BCUT2D eigenvalue weighted by Crippen LogP contribution is -2.59. The van der Waals surface area contributed by atoms with Crippen LogP contribution in [0.1, 0.15) is 44.1 Å². The third kappa shape index (κ3) is 5.25. The number of aromatic amines is 1. The molecule has 1 saturated carbocycles. The number of hydrogen-bond acceptors (Lipinski definition) is 5. The van der Waals surface area contributed by atoms with E-state index in [0.717, 1.165) is 56.1 Å². The largest absolute Gasteiger partial charge is 0.379 e. The van der Waals surface area contributed by atoms with Crippen molar-refractivity contribution in [3.8, 4) is 11.4 Å². The normalized spacial score (nSPS) is 19.3. The van der Waals surface area contributed by atoms with Gasteiger partial charge in [-0.3, -0.25) is 19.4 Å². The van der Waals surface area contributed by atoms with Crippen molar-refractivity contribution in [2.24, 2.45) is 0 Å². The highest BCUT2D eigenvalue weighted by Gasteiger charge is 2.38. The van der Waals surface area contributed by atoms with Crippen molar-refractivity contribution in [1.82, 2.24) is 25.0 Å². The molecule has 1 aliphatic heterocycles. The zero-order valence-corrected chi connectivity index (χ0v) is 19.2. The number of hydrogen-bond donors (Lipinski definition) is 2. The molecule has 2 fully saturated rings. The van der Waals surface area contributed by atoms with Crippen LogP contribution in [0.3, 0.4) is 0 Å². The van der Waals surface area contributed by atoms with Gasteiger partial charge in [-0.15, -0.1) is 0 Å². The zero-order chi connectivity index (χ0) is 21.7. The summed E-state index contributed by atoms with van der Waals surface area (Å²) in [5.41, 5.74) is 2.24. The highest BCUT2D eigenvalue weighted by Crippen LogP contribution is 2.34. The molecule has 0 bridgehead atoms. The van der Waals surface area contributed by atoms with Gasteiger partial charge in [-0.2, -0.15) is 5.10 Å². The first-order valence-electron chi connectivity index (χ1n) is 11.4. The molecule has 0 radical (unpaired) electrons. The van der Waals surface area contributed by atoms with Gasteiger partial charge in [0.1, 0.15) is 0 Å². The summed E-state index contributed by atoms with van der Waals surface area (Å²) in [6.07, 6.45) is 6.44. The summed E-state index contributed by atoms with van der Waals surface area (Å²) in [5, 5.41) is 10.5. The Bertz CT molecular complexity index is 941. The number of ether oxygens (including phenoxy) is 1. The van der Waals surface area contributed by atoms with Gasteiger partial charge in [0, 0.05) is 43.7 Å². The third-order valence-corrected chi connectivity index (χ3v) is 6.99. The highest BCUT2D eigenvalue weighted by molar-refractivity contribution is 7.71. The van der Waals surface area contributed by atoms with Crippen molar-refractivity contribution < 1.29 is 9.53 Å². The molecular formula is C23H33N5O2S. The number of aryl methyl sites for hydroxylation is 1. The lowest BCUT2D eigenvalue weighted by Gasteiger charge is -2.48. The van der Waals surface area contributed by atoms with Crippen LogP contribution < -0.4 is 5.32 Å². The summed E-state index contributed by atoms with van der Waals surface area (Å²) in [6, 6.07) is 8.16. The summed E-state index contributed by atoms with van der Waals surface area (Å²) in [4.78, 5) is 15.3. The van der Waals surface area contributed by atoms with Gasteiger partial charge in [0.25, 0.3) is 0 Å². The molecule has 168 valence electrons. The average Bonchev–Trinajstić information content (AvgIpc) is 3.18. The van der Waals surface area contributed by atoms with Crippen molar-refractivity contribution in [2.45, 2.75) is 57.5 Å². The number of nitrogens with one attached hydrogen (secondary N) is 2. The van der Waals surface area contributed by atoms with Gasteiger partial charge in [-0.05, 0) is 38.0 Å². The topological polar surface area (TPSA) is 75.2 Å². The maximum atomic E-state index is 12.8. The second-order valence-corrected chi connectivity index (χ2v) is 9.17. The lowest BCUT2D eigenvalue weighted by atomic mass is 9.79. The Kier molecular flexibility index (Phi) is 7.20. The molecule has 2 aliphatic rings. The van der Waals surface area contributed by atoms with E-state index in [0.29, 0.717) is 24.3 Å².